The smallest absolute Gasteiger partial charge is 0.243 e. The van der Waals surface area contributed by atoms with Crippen LogP contribution in [0.5, 0.6) is 0 Å². The van der Waals surface area contributed by atoms with Crippen LogP contribution in [0.3, 0.4) is 0 Å². The molecule has 0 radical (unpaired) electrons. The molecule has 0 amide bonds. The van der Waals surface area contributed by atoms with Gasteiger partial charge < -0.3 is 5.32 Å². The van der Waals surface area contributed by atoms with E-state index in [9.17, 15) is 4.39 Å². The van der Waals surface area contributed by atoms with Crippen LogP contribution in [0, 0.1) is 19.7 Å². The summed E-state index contributed by atoms with van der Waals surface area (Å²) in [7, 11) is 0. The monoisotopic (exact) mass is 323 g/mol. The van der Waals surface area contributed by atoms with E-state index in [4.69, 9.17) is 0 Å². The van der Waals surface area contributed by atoms with Crippen molar-refractivity contribution in [3.63, 3.8) is 0 Å². The summed E-state index contributed by atoms with van der Waals surface area (Å²) in [4.78, 5) is 0. The summed E-state index contributed by atoms with van der Waals surface area (Å²) in [5.74, 6) is 0.397. The van der Waals surface area contributed by atoms with Crippen molar-refractivity contribution in [2.24, 2.45) is 0 Å². The van der Waals surface area contributed by atoms with Crippen molar-refractivity contribution in [1.29, 1.82) is 0 Å². The zero-order valence-corrected chi connectivity index (χ0v) is 13.6. The van der Waals surface area contributed by atoms with E-state index in [-0.39, 0.29) is 17.9 Å². The number of halogens is 1. The van der Waals surface area contributed by atoms with Gasteiger partial charge in [-0.2, -0.15) is 0 Å². The van der Waals surface area contributed by atoms with Gasteiger partial charge in [0.05, 0.1) is 12.1 Å². The van der Waals surface area contributed by atoms with Crippen molar-refractivity contribution in [2.45, 2.75) is 32.4 Å². The van der Waals surface area contributed by atoms with Crippen LogP contribution in [0.15, 0.2) is 42.5 Å². The first-order valence-corrected chi connectivity index (χ1v) is 7.99. The van der Waals surface area contributed by atoms with Crippen molar-refractivity contribution in [2.75, 3.05) is 5.32 Å². The minimum atomic E-state index is -0.240. The highest BCUT2D eigenvalue weighted by Gasteiger charge is 2.30. The third-order valence-corrected chi connectivity index (χ3v) is 4.74. The molecule has 0 fully saturated rings. The minimum absolute atomic E-state index is 0.0246. The van der Waals surface area contributed by atoms with Crippen LogP contribution in [0.4, 0.5) is 10.3 Å². The molecule has 122 valence electrons. The molecule has 3 aromatic rings. The van der Waals surface area contributed by atoms with Gasteiger partial charge >= 0.3 is 0 Å². The Morgan fingerprint density at radius 2 is 1.79 bits per heavy atom. The third kappa shape index (κ3) is 2.54. The first-order chi connectivity index (χ1) is 11.6. The van der Waals surface area contributed by atoms with Gasteiger partial charge in [0.25, 0.3) is 0 Å². The molecule has 1 aliphatic rings. The molecule has 2 unspecified atom stereocenters. The average molecular weight is 323 g/mol. The number of anilines is 1. The molecule has 1 aromatic heterocycles. The highest BCUT2D eigenvalue weighted by Crippen LogP contribution is 2.37. The van der Waals surface area contributed by atoms with E-state index in [0.29, 0.717) is 5.95 Å². The van der Waals surface area contributed by atoms with Gasteiger partial charge in [0.1, 0.15) is 5.82 Å². The van der Waals surface area contributed by atoms with Gasteiger partial charge in [-0.15, -0.1) is 0 Å². The van der Waals surface area contributed by atoms with E-state index in [1.807, 2.05) is 0 Å². The van der Waals surface area contributed by atoms with Gasteiger partial charge in [0.2, 0.25) is 5.95 Å². The number of tetrazole rings is 1. The van der Waals surface area contributed by atoms with E-state index < -0.39 is 0 Å². The van der Waals surface area contributed by atoms with Gasteiger partial charge in [0.15, 0.2) is 0 Å². The molecular weight excluding hydrogens is 305 g/mol. The van der Waals surface area contributed by atoms with E-state index in [2.05, 4.69) is 52.9 Å². The first-order valence-electron chi connectivity index (χ1n) is 7.99. The van der Waals surface area contributed by atoms with E-state index >= 15 is 0 Å². The standard InChI is InChI=1S/C18H18FN5/c1-11-3-4-14(9-12(11)2)16-10-17(13-5-7-15(19)8-6-13)24-18(20-16)21-22-23-24/h3-9,16-17H,10H2,1-2H3,(H,20,21,23). The van der Waals surface area contributed by atoms with Crippen LogP contribution in [0.2, 0.25) is 0 Å². The molecule has 2 heterocycles. The molecular formula is C18H18FN5. The number of hydrogen-bond acceptors (Lipinski definition) is 4. The maximum Gasteiger partial charge on any atom is 0.243 e. The normalized spacial score (nSPS) is 19.6. The van der Waals surface area contributed by atoms with Crippen molar-refractivity contribution in [3.05, 3.63) is 70.5 Å². The number of aryl methyl sites for hydroxylation is 2. The van der Waals surface area contributed by atoms with Crippen molar-refractivity contribution in [3.8, 4) is 0 Å². The molecule has 1 aliphatic heterocycles. The van der Waals surface area contributed by atoms with E-state index in [1.54, 1.807) is 16.8 Å². The quantitative estimate of drug-likeness (QED) is 0.783. The fraction of sp³-hybridized carbons (Fsp3) is 0.278. The number of fused-ring (bicyclic) bond motifs is 1. The Balaban J connectivity index is 1.72. The molecule has 0 saturated carbocycles. The maximum absolute atomic E-state index is 13.3. The molecule has 0 saturated heterocycles. The van der Waals surface area contributed by atoms with Gasteiger partial charge in [-0.3, -0.25) is 0 Å². The second-order valence-electron chi connectivity index (χ2n) is 6.29. The number of aromatic nitrogens is 4. The molecule has 24 heavy (non-hydrogen) atoms. The van der Waals surface area contributed by atoms with Crippen LogP contribution >= 0.6 is 0 Å². The average Bonchev–Trinajstić information content (AvgIpc) is 3.06. The summed E-state index contributed by atoms with van der Waals surface area (Å²) < 4.78 is 15.0. The Bertz CT molecular complexity index is 871. The molecule has 0 bridgehead atoms. The summed E-state index contributed by atoms with van der Waals surface area (Å²) in [6.07, 6.45) is 0.798. The predicted molar refractivity (Wildman–Crippen MR) is 89.3 cm³/mol. The van der Waals surface area contributed by atoms with Crippen LogP contribution in [0.1, 0.15) is 40.8 Å². The summed E-state index contributed by atoms with van der Waals surface area (Å²) in [5.41, 5.74) is 4.74. The lowest BCUT2D eigenvalue weighted by Crippen LogP contribution is -2.28. The number of nitrogens with zero attached hydrogens (tertiary/aromatic N) is 4. The largest absolute Gasteiger partial charge is 0.346 e. The van der Waals surface area contributed by atoms with E-state index in [0.717, 1.165) is 12.0 Å². The van der Waals surface area contributed by atoms with Gasteiger partial charge in [0, 0.05) is 0 Å². The van der Waals surface area contributed by atoms with Crippen LogP contribution in [0.25, 0.3) is 0 Å². The zero-order chi connectivity index (χ0) is 16.7. The lowest BCUT2D eigenvalue weighted by Gasteiger charge is -2.31. The minimum Gasteiger partial charge on any atom is -0.346 e. The van der Waals surface area contributed by atoms with Crippen molar-refractivity contribution < 1.29 is 4.39 Å². The molecule has 0 aliphatic carbocycles. The van der Waals surface area contributed by atoms with Crippen molar-refractivity contribution in [1.82, 2.24) is 20.2 Å². The van der Waals surface area contributed by atoms with Crippen molar-refractivity contribution >= 4 is 5.95 Å². The molecule has 2 atom stereocenters. The van der Waals surface area contributed by atoms with E-state index in [1.165, 1.54) is 28.8 Å². The lowest BCUT2D eigenvalue weighted by molar-refractivity contribution is 0.423. The van der Waals surface area contributed by atoms with Crippen LogP contribution in [-0.2, 0) is 0 Å². The Morgan fingerprint density at radius 1 is 1.04 bits per heavy atom. The maximum atomic E-state index is 13.3. The van der Waals surface area contributed by atoms with Gasteiger partial charge in [-0.05, 0) is 65.1 Å². The zero-order valence-electron chi connectivity index (χ0n) is 13.6. The number of hydrogen-bond donors (Lipinski definition) is 1. The predicted octanol–water partition coefficient (Wildman–Crippen LogP) is 3.58. The lowest BCUT2D eigenvalue weighted by atomic mass is 9.92. The molecule has 2 aromatic carbocycles. The fourth-order valence-corrected chi connectivity index (χ4v) is 3.20. The van der Waals surface area contributed by atoms with Crippen LogP contribution in [-0.4, -0.2) is 20.2 Å². The summed E-state index contributed by atoms with van der Waals surface area (Å²) in [6.45, 7) is 4.22. The molecule has 1 N–H and O–H groups in total. The Kier molecular flexibility index (Phi) is 3.52. The molecule has 6 heteroatoms. The Labute approximate surface area is 139 Å². The number of rotatable bonds is 2. The van der Waals surface area contributed by atoms with Crippen LogP contribution < -0.4 is 5.32 Å². The third-order valence-electron chi connectivity index (χ3n) is 4.74. The van der Waals surface area contributed by atoms with Gasteiger partial charge in [-0.1, -0.05) is 35.4 Å². The molecule has 4 rings (SSSR count). The Hall–Kier alpha value is -2.76. The topological polar surface area (TPSA) is 55.6 Å². The highest BCUT2D eigenvalue weighted by molar-refractivity contribution is 5.40. The summed E-state index contributed by atoms with van der Waals surface area (Å²) in [6, 6.07) is 13.1. The van der Waals surface area contributed by atoms with Gasteiger partial charge in [-0.25, -0.2) is 9.07 Å². The SMILES string of the molecule is Cc1ccc(C2CC(c3ccc(F)cc3)n3nnnc3N2)cc1C. The number of benzene rings is 2. The fourth-order valence-electron chi connectivity index (χ4n) is 3.20. The second kappa shape index (κ2) is 5.70. The number of nitrogens with one attached hydrogen (secondary N) is 1. The first kappa shape index (κ1) is 14.8. The highest BCUT2D eigenvalue weighted by atomic mass is 19.1. The molecule has 0 spiro atoms. The molecule has 5 nitrogen and oxygen atoms in total. The second-order valence-corrected chi connectivity index (χ2v) is 6.29. The Morgan fingerprint density at radius 3 is 2.54 bits per heavy atom. The summed E-state index contributed by atoms with van der Waals surface area (Å²) in [5, 5.41) is 15.4. The summed E-state index contributed by atoms with van der Waals surface area (Å²) >= 11 is 0.